The molecule has 1 aliphatic rings. The highest BCUT2D eigenvalue weighted by Gasteiger charge is 2.40. The molecule has 1 heterocycles. The number of aliphatic hydroxyl groups is 3. The molecule has 0 unspecified atom stereocenters. The highest BCUT2D eigenvalue weighted by molar-refractivity contribution is 4.89. The van der Waals surface area contributed by atoms with Gasteiger partial charge < -0.3 is 24.8 Å². The van der Waals surface area contributed by atoms with Crippen molar-refractivity contribution in [2.75, 3.05) is 19.8 Å². The zero-order valence-electron chi connectivity index (χ0n) is 17.2. The lowest BCUT2D eigenvalue weighted by Crippen LogP contribution is -2.42. The predicted octanol–water partition coefficient (Wildman–Crippen LogP) is 3.74. The van der Waals surface area contributed by atoms with E-state index in [0.29, 0.717) is 6.61 Å². The number of aliphatic hydroxyl groups excluding tert-OH is 3. The van der Waals surface area contributed by atoms with Gasteiger partial charge in [-0.3, -0.25) is 0 Å². The lowest BCUT2D eigenvalue weighted by atomic mass is 10.1. The summed E-state index contributed by atoms with van der Waals surface area (Å²) in [4.78, 5) is 0. The van der Waals surface area contributed by atoms with Crippen LogP contribution in [0.2, 0.25) is 0 Å². The topological polar surface area (TPSA) is 79.2 Å². The van der Waals surface area contributed by atoms with E-state index in [1.807, 2.05) is 0 Å². The summed E-state index contributed by atoms with van der Waals surface area (Å²) >= 11 is 0. The van der Waals surface area contributed by atoms with E-state index in [1.165, 1.54) is 64.2 Å². The summed E-state index contributed by atoms with van der Waals surface area (Å²) in [6, 6.07) is 0. The van der Waals surface area contributed by atoms with Crippen LogP contribution in [0.1, 0.15) is 84.0 Å². The van der Waals surface area contributed by atoms with Gasteiger partial charge in [-0.05, 0) is 19.3 Å². The highest BCUT2D eigenvalue weighted by Crippen LogP contribution is 2.19. The molecular weight excluding hydrogens is 344 g/mol. The van der Waals surface area contributed by atoms with Crippen molar-refractivity contribution in [3.8, 4) is 0 Å². The van der Waals surface area contributed by atoms with Crippen LogP contribution in [0.3, 0.4) is 0 Å². The van der Waals surface area contributed by atoms with Gasteiger partial charge in [0.2, 0.25) is 0 Å². The maximum Gasteiger partial charge on any atom is 0.114 e. The minimum Gasteiger partial charge on any atom is -0.394 e. The second kappa shape index (κ2) is 16.5. The van der Waals surface area contributed by atoms with Gasteiger partial charge in [0.1, 0.15) is 24.4 Å². The lowest BCUT2D eigenvalue weighted by Gasteiger charge is -2.24. The molecule has 0 aliphatic carbocycles. The van der Waals surface area contributed by atoms with Gasteiger partial charge in [0.25, 0.3) is 0 Å². The molecule has 5 nitrogen and oxygen atoms in total. The summed E-state index contributed by atoms with van der Waals surface area (Å²) in [6.07, 6.45) is 16.6. The molecule has 27 heavy (non-hydrogen) atoms. The summed E-state index contributed by atoms with van der Waals surface area (Å²) in [5, 5.41) is 28.7. The predicted molar refractivity (Wildman–Crippen MR) is 109 cm³/mol. The van der Waals surface area contributed by atoms with E-state index in [0.717, 1.165) is 12.8 Å². The van der Waals surface area contributed by atoms with Crippen LogP contribution < -0.4 is 0 Å². The van der Waals surface area contributed by atoms with Crippen molar-refractivity contribution < 1.29 is 24.8 Å². The molecule has 1 aliphatic heterocycles. The van der Waals surface area contributed by atoms with Gasteiger partial charge >= 0.3 is 0 Å². The molecule has 0 aromatic rings. The Bertz CT molecular complexity index is 361. The fraction of sp³-hybridized carbons (Fsp3) is 0.909. The molecule has 0 aromatic heterocycles. The van der Waals surface area contributed by atoms with Crippen LogP contribution in [0.5, 0.6) is 0 Å². The van der Waals surface area contributed by atoms with Crippen molar-refractivity contribution in [1.29, 1.82) is 0 Å². The molecule has 0 amide bonds. The van der Waals surface area contributed by atoms with E-state index < -0.39 is 24.4 Å². The molecule has 0 bridgehead atoms. The van der Waals surface area contributed by atoms with E-state index in [2.05, 4.69) is 19.1 Å². The third-order valence-corrected chi connectivity index (χ3v) is 5.24. The molecule has 1 rings (SSSR count). The van der Waals surface area contributed by atoms with Crippen molar-refractivity contribution in [1.82, 2.24) is 0 Å². The van der Waals surface area contributed by atoms with Gasteiger partial charge in [0.05, 0.1) is 19.8 Å². The molecule has 1 saturated heterocycles. The maximum atomic E-state index is 9.80. The first-order chi connectivity index (χ1) is 13.2. The van der Waals surface area contributed by atoms with E-state index in [-0.39, 0.29) is 13.2 Å². The smallest absolute Gasteiger partial charge is 0.114 e. The van der Waals surface area contributed by atoms with Crippen LogP contribution in [0.4, 0.5) is 0 Å². The van der Waals surface area contributed by atoms with Crippen molar-refractivity contribution in [2.45, 2.75) is 108 Å². The van der Waals surface area contributed by atoms with Crippen LogP contribution in [-0.2, 0) is 9.47 Å². The van der Waals surface area contributed by atoms with Gasteiger partial charge in [-0.25, -0.2) is 0 Å². The maximum absolute atomic E-state index is 9.80. The quantitative estimate of drug-likeness (QED) is 0.262. The number of ether oxygens (including phenoxy) is 2. The fourth-order valence-corrected chi connectivity index (χ4v) is 3.48. The van der Waals surface area contributed by atoms with E-state index in [1.54, 1.807) is 0 Å². The first-order valence-electron chi connectivity index (χ1n) is 11.1. The molecule has 3 N–H and O–H groups in total. The van der Waals surface area contributed by atoms with E-state index in [4.69, 9.17) is 9.47 Å². The largest absolute Gasteiger partial charge is 0.394 e. The zero-order valence-corrected chi connectivity index (χ0v) is 17.2. The van der Waals surface area contributed by atoms with Crippen LogP contribution in [-0.4, -0.2) is 59.6 Å². The molecule has 160 valence electrons. The van der Waals surface area contributed by atoms with Crippen LogP contribution in [0.15, 0.2) is 12.2 Å². The SMILES string of the molecule is CCCCCCCCCCCC/C=C/CCO[C@H](CO)[C@@H]1OC[C@H](O)[C@@H]1O. The Hall–Kier alpha value is -0.460. The third kappa shape index (κ3) is 11.2. The second-order valence-electron chi connectivity index (χ2n) is 7.68. The van der Waals surface area contributed by atoms with Gasteiger partial charge in [-0.1, -0.05) is 76.9 Å². The highest BCUT2D eigenvalue weighted by atomic mass is 16.6. The van der Waals surface area contributed by atoms with E-state index >= 15 is 0 Å². The molecule has 1 fully saturated rings. The molecule has 0 spiro atoms. The van der Waals surface area contributed by atoms with Crippen LogP contribution in [0, 0.1) is 0 Å². The Morgan fingerprint density at radius 3 is 2.07 bits per heavy atom. The number of allylic oxidation sites excluding steroid dienone is 1. The van der Waals surface area contributed by atoms with Crippen LogP contribution >= 0.6 is 0 Å². The Morgan fingerprint density at radius 1 is 0.926 bits per heavy atom. The molecule has 0 aromatic carbocycles. The van der Waals surface area contributed by atoms with E-state index in [9.17, 15) is 15.3 Å². The van der Waals surface area contributed by atoms with Crippen molar-refractivity contribution in [3.05, 3.63) is 12.2 Å². The average molecular weight is 387 g/mol. The Kier molecular flexibility index (Phi) is 15.0. The minimum atomic E-state index is -0.992. The summed E-state index contributed by atoms with van der Waals surface area (Å²) in [6.45, 7) is 2.60. The summed E-state index contributed by atoms with van der Waals surface area (Å²) in [5.41, 5.74) is 0. The Balaban J connectivity index is 1.91. The standard InChI is InChI=1S/C22H42O5/c1-2-3-4-5-6-7-8-9-10-11-12-13-14-15-16-26-20(17-23)22-21(25)19(24)18-27-22/h13-14,19-25H,2-12,15-18H2,1H3/b14-13+/t19-,20+,21-,22-/m0/s1. The second-order valence-corrected chi connectivity index (χ2v) is 7.68. The molecule has 0 radical (unpaired) electrons. The summed E-state index contributed by atoms with van der Waals surface area (Å²) in [7, 11) is 0. The molecule has 4 atom stereocenters. The molecule has 5 heteroatoms. The fourth-order valence-electron chi connectivity index (χ4n) is 3.48. The Labute approximate surface area is 165 Å². The van der Waals surface area contributed by atoms with Crippen molar-refractivity contribution in [3.63, 3.8) is 0 Å². The molecule has 0 saturated carbocycles. The van der Waals surface area contributed by atoms with Crippen LogP contribution in [0.25, 0.3) is 0 Å². The van der Waals surface area contributed by atoms with Gasteiger partial charge in [-0.2, -0.15) is 0 Å². The van der Waals surface area contributed by atoms with Gasteiger partial charge in [0, 0.05) is 0 Å². The van der Waals surface area contributed by atoms with Crippen molar-refractivity contribution >= 4 is 0 Å². The zero-order chi connectivity index (χ0) is 19.7. The summed E-state index contributed by atoms with van der Waals surface area (Å²) < 4.78 is 10.9. The number of rotatable bonds is 17. The lowest BCUT2D eigenvalue weighted by molar-refractivity contribution is -0.0996. The normalized spacial score (nSPS) is 24.1. The number of hydrogen-bond acceptors (Lipinski definition) is 5. The number of unbranched alkanes of at least 4 members (excludes halogenated alkanes) is 10. The third-order valence-electron chi connectivity index (χ3n) is 5.24. The van der Waals surface area contributed by atoms with Gasteiger partial charge in [0.15, 0.2) is 0 Å². The first kappa shape index (κ1) is 24.6. The average Bonchev–Trinajstić information content (AvgIpc) is 3.00. The number of hydrogen-bond donors (Lipinski definition) is 3. The molecular formula is C22H42O5. The Morgan fingerprint density at radius 2 is 1.52 bits per heavy atom. The monoisotopic (exact) mass is 386 g/mol. The first-order valence-corrected chi connectivity index (χ1v) is 11.1. The summed E-state index contributed by atoms with van der Waals surface area (Å²) in [5.74, 6) is 0. The minimum absolute atomic E-state index is 0.0878. The van der Waals surface area contributed by atoms with Gasteiger partial charge in [-0.15, -0.1) is 0 Å². The van der Waals surface area contributed by atoms with Crippen molar-refractivity contribution in [2.24, 2.45) is 0 Å².